The first-order valence-corrected chi connectivity index (χ1v) is 6.44. The molecule has 0 spiro atoms. The molecule has 4 rings (SSSR count). The second kappa shape index (κ2) is 3.46. The third-order valence-electron chi connectivity index (χ3n) is 4.66. The summed E-state index contributed by atoms with van der Waals surface area (Å²) in [5, 5.41) is 19.6. The summed E-state index contributed by atoms with van der Waals surface area (Å²) in [4.78, 5) is 12.3. The third kappa shape index (κ3) is 1.15. The number of anilines is 1. The Labute approximate surface area is 114 Å². The minimum atomic E-state index is -0.718. The zero-order valence-electron chi connectivity index (χ0n) is 10.9. The Morgan fingerprint density at radius 3 is 3.00 bits per heavy atom. The molecule has 4 N–H and O–H groups in total. The Bertz CT molecular complexity index is 703. The Hall–Kier alpha value is -1.77. The third-order valence-corrected chi connectivity index (χ3v) is 4.66. The molecule has 2 aliphatic rings. The summed E-state index contributed by atoms with van der Waals surface area (Å²) >= 11 is 0. The van der Waals surface area contributed by atoms with Crippen LogP contribution in [0.3, 0.4) is 0 Å². The molecule has 0 aromatic carbocycles. The summed E-state index contributed by atoms with van der Waals surface area (Å²) in [6.07, 6.45) is 2.32. The van der Waals surface area contributed by atoms with Crippen molar-refractivity contribution in [1.29, 1.82) is 0 Å². The number of aromatic nitrogens is 4. The molecular weight excluding hydrogens is 262 g/mol. The molecule has 2 aromatic rings. The maximum atomic E-state index is 10.3. The van der Waals surface area contributed by atoms with Crippen LogP contribution in [0.15, 0.2) is 12.7 Å². The number of nitrogens with two attached hydrogens (primary N) is 1. The second-order valence-corrected chi connectivity index (χ2v) is 5.71. The first kappa shape index (κ1) is 12.0. The molecule has 106 valence electrons. The fraction of sp³-hybridized carbons (Fsp3) is 0.583. The van der Waals surface area contributed by atoms with Crippen LogP contribution in [0.5, 0.6) is 0 Å². The first-order valence-electron chi connectivity index (χ1n) is 6.44. The van der Waals surface area contributed by atoms with E-state index in [1.807, 2.05) is 6.92 Å². The average Bonchev–Trinajstić information content (AvgIpc) is 2.77. The lowest BCUT2D eigenvalue weighted by Gasteiger charge is -2.19. The Morgan fingerprint density at radius 1 is 1.50 bits per heavy atom. The monoisotopic (exact) mass is 277 g/mol. The predicted octanol–water partition coefficient (Wildman–Crippen LogP) is -0.777. The Balaban J connectivity index is 1.87. The standard InChI is InChI=1S/C12H15N5O3/c1-11-3-12(11,20-6(2-18)8(11)19)17-5-16-7-9(13)14-4-15-10(7)17/h4-6,8,18-19H,2-3H2,1H3,(H2,13,14,15)/t6-,8-,11+,12-/m1/s1. The highest BCUT2D eigenvalue weighted by atomic mass is 16.6. The van der Waals surface area contributed by atoms with Crippen molar-refractivity contribution in [2.75, 3.05) is 12.3 Å². The number of hydrogen-bond donors (Lipinski definition) is 3. The molecule has 1 aliphatic carbocycles. The van der Waals surface area contributed by atoms with Crippen LogP contribution in [0.2, 0.25) is 0 Å². The van der Waals surface area contributed by atoms with Gasteiger partial charge in [-0.2, -0.15) is 0 Å². The number of aliphatic hydroxyl groups is 2. The van der Waals surface area contributed by atoms with Gasteiger partial charge < -0.3 is 20.7 Å². The van der Waals surface area contributed by atoms with Gasteiger partial charge in [0, 0.05) is 11.8 Å². The first-order chi connectivity index (χ1) is 9.53. The second-order valence-electron chi connectivity index (χ2n) is 5.71. The predicted molar refractivity (Wildman–Crippen MR) is 68.4 cm³/mol. The molecule has 8 heteroatoms. The van der Waals surface area contributed by atoms with Gasteiger partial charge in [0.05, 0.1) is 19.0 Å². The van der Waals surface area contributed by atoms with E-state index < -0.39 is 23.3 Å². The van der Waals surface area contributed by atoms with E-state index in [-0.39, 0.29) is 6.61 Å². The molecule has 2 aromatic heterocycles. The van der Waals surface area contributed by atoms with Gasteiger partial charge in [-0.05, 0) is 0 Å². The number of nitrogens with zero attached hydrogens (tertiary/aromatic N) is 4. The number of imidazole rings is 1. The van der Waals surface area contributed by atoms with Crippen molar-refractivity contribution < 1.29 is 14.9 Å². The van der Waals surface area contributed by atoms with Gasteiger partial charge in [-0.1, -0.05) is 6.92 Å². The molecule has 2 fully saturated rings. The van der Waals surface area contributed by atoms with E-state index in [4.69, 9.17) is 10.5 Å². The molecule has 8 nitrogen and oxygen atoms in total. The molecule has 0 bridgehead atoms. The molecule has 1 saturated carbocycles. The van der Waals surface area contributed by atoms with E-state index in [0.717, 1.165) is 0 Å². The van der Waals surface area contributed by atoms with Crippen molar-refractivity contribution in [3.8, 4) is 0 Å². The summed E-state index contributed by atoms with van der Waals surface area (Å²) in [5.41, 5.74) is 5.71. The van der Waals surface area contributed by atoms with Gasteiger partial charge in [0.25, 0.3) is 0 Å². The van der Waals surface area contributed by atoms with Crippen molar-refractivity contribution in [2.24, 2.45) is 5.41 Å². The lowest BCUT2D eigenvalue weighted by atomic mass is 9.98. The number of fused-ring (bicyclic) bond motifs is 2. The summed E-state index contributed by atoms with van der Waals surface area (Å²) in [6.45, 7) is 1.71. The smallest absolute Gasteiger partial charge is 0.167 e. The highest BCUT2D eigenvalue weighted by molar-refractivity contribution is 5.81. The van der Waals surface area contributed by atoms with Gasteiger partial charge in [-0.15, -0.1) is 0 Å². The van der Waals surface area contributed by atoms with Gasteiger partial charge in [-0.3, -0.25) is 4.57 Å². The summed E-state index contributed by atoms with van der Waals surface area (Å²) < 4.78 is 7.69. The van der Waals surface area contributed by atoms with E-state index in [9.17, 15) is 10.2 Å². The van der Waals surface area contributed by atoms with Crippen molar-refractivity contribution in [3.63, 3.8) is 0 Å². The molecular formula is C12H15N5O3. The van der Waals surface area contributed by atoms with Crippen LogP contribution >= 0.6 is 0 Å². The number of ether oxygens (including phenoxy) is 1. The summed E-state index contributed by atoms with van der Waals surface area (Å²) in [6, 6.07) is 0. The van der Waals surface area contributed by atoms with Gasteiger partial charge in [0.1, 0.15) is 17.9 Å². The Kier molecular flexibility index (Phi) is 2.08. The number of aliphatic hydroxyl groups excluding tert-OH is 2. The van der Waals surface area contributed by atoms with Crippen molar-refractivity contribution in [3.05, 3.63) is 12.7 Å². The quantitative estimate of drug-likeness (QED) is 0.659. The van der Waals surface area contributed by atoms with Gasteiger partial charge in [0.2, 0.25) is 0 Å². The van der Waals surface area contributed by atoms with Crippen LogP contribution in [0, 0.1) is 5.41 Å². The summed E-state index contributed by atoms with van der Waals surface area (Å²) in [5.74, 6) is 0.310. The lowest BCUT2D eigenvalue weighted by Crippen LogP contribution is -2.32. The normalized spacial score (nSPS) is 39.1. The van der Waals surface area contributed by atoms with Crippen LogP contribution < -0.4 is 5.73 Å². The maximum Gasteiger partial charge on any atom is 0.167 e. The molecule has 0 amide bonds. The van der Waals surface area contributed by atoms with E-state index in [2.05, 4.69) is 15.0 Å². The van der Waals surface area contributed by atoms with Crippen LogP contribution in [0.25, 0.3) is 11.2 Å². The molecule has 20 heavy (non-hydrogen) atoms. The molecule has 4 atom stereocenters. The number of hydrogen-bond acceptors (Lipinski definition) is 7. The van der Waals surface area contributed by atoms with Gasteiger partial charge in [-0.25, -0.2) is 15.0 Å². The largest absolute Gasteiger partial charge is 0.394 e. The zero-order valence-corrected chi connectivity index (χ0v) is 10.9. The lowest BCUT2D eigenvalue weighted by molar-refractivity contribution is -0.0859. The van der Waals surface area contributed by atoms with Gasteiger partial charge in [0.15, 0.2) is 17.2 Å². The molecule has 1 saturated heterocycles. The summed E-state index contributed by atoms with van der Waals surface area (Å²) in [7, 11) is 0. The van der Waals surface area contributed by atoms with Crippen molar-refractivity contribution in [2.45, 2.75) is 31.3 Å². The minimum absolute atomic E-state index is 0.220. The van der Waals surface area contributed by atoms with E-state index in [0.29, 0.717) is 23.4 Å². The van der Waals surface area contributed by atoms with E-state index in [1.165, 1.54) is 6.33 Å². The minimum Gasteiger partial charge on any atom is -0.394 e. The van der Waals surface area contributed by atoms with Crippen molar-refractivity contribution >= 4 is 17.0 Å². The van der Waals surface area contributed by atoms with Crippen LogP contribution in [-0.2, 0) is 10.5 Å². The number of nitrogen functional groups attached to an aromatic ring is 1. The zero-order chi connectivity index (χ0) is 14.1. The van der Waals surface area contributed by atoms with Crippen LogP contribution in [-0.4, -0.2) is 48.5 Å². The van der Waals surface area contributed by atoms with Crippen LogP contribution in [0.1, 0.15) is 13.3 Å². The molecule has 3 heterocycles. The highest BCUT2D eigenvalue weighted by Gasteiger charge is 2.78. The fourth-order valence-electron chi connectivity index (χ4n) is 3.36. The van der Waals surface area contributed by atoms with Crippen molar-refractivity contribution in [1.82, 2.24) is 19.5 Å². The fourth-order valence-corrected chi connectivity index (χ4v) is 3.36. The average molecular weight is 277 g/mol. The number of rotatable bonds is 2. The van der Waals surface area contributed by atoms with E-state index in [1.54, 1.807) is 10.9 Å². The topological polar surface area (TPSA) is 119 Å². The van der Waals surface area contributed by atoms with Crippen LogP contribution in [0.4, 0.5) is 5.82 Å². The molecule has 0 unspecified atom stereocenters. The Morgan fingerprint density at radius 2 is 2.30 bits per heavy atom. The SMILES string of the molecule is C[C@@]12C[C@@]1(n1cnc3c(N)ncnc31)O[C@H](CO)[C@H]2O. The van der Waals surface area contributed by atoms with E-state index >= 15 is 0 Å². The molecule has 0 radical (unpaired) electrons. The highest BCUT2D eigenvalue weighted by Crippen LogP contribution is 2.70. The maximum absolute atomic E-state index is 10.3. The van der Waals surface area contributed by atoms with Gasteiger partial charge >= 0.3 is 0 Å². The molecule has 1 aliphatic heterocycles.